The Morgan fingerprint density at radius 1 is 1.14 bits per heavy atom. The second kappa shape index (κ2) is 9.22. The largest absolute Gasteiger partial charge is 0.464 e. The van der Waals surface area contributed by atoms with Gasteiger partial charge in [-0.25, -0.2) is 0 Å². The molecule has 0 unspecified atom stereocenters. The summed E-state index contributed by atoms with van der Waals surface area (Å²) in [7, 11) is 0. The maximum atomic E-state index is 12.7. The van der Waals surface area contributed by atoms with Crippen LogP contribution in [0.1, 0.15) is 51.9 Å². The number of anilines is 1. The molecule has 3 rings (SSSR count). The Morgan fingerprint density at radius 2 is 1.86 bits per heavy atom. The maximum absolute atomic E-state index is 12.7. The molecular formula is C22H28N2O5. The Bertz CT molecular complexity index is 942. The molecule has 7 nitrogen and oxygen atoms in total. The molecule has 0 saturated heterocycles. The molecular weight excluding hydrogens is 372 g/mol. The zero-order valence-corrected chi connectivity index (χ0v) is 16.8. The third-order valence-electron chi connectivity index (χ3n) is 5.45. The summed E-state index contributed by atoms with van der Waals surface area (Å²) in [5.74, 6) is -0.639. The van der Waals surface area contributed by atoms with Gasteiger partial charge in [0.05, 0.1) is 18.6 Å². The standard InChI is InChI=1S/C22H28N2O5/c1-16(25)29-14-13-24-12-9-17-18(21(24)27)7-6-8-19(17)23-20(26)15-22(28)10-4-2-3-5-11-22/h6-9,12,28H,2-5,10-11,13-15H2,1H3,(H,23,26). The number of aromatic nitrogens is 1. The molecule has 1 heterocycles. The van der Waals surface area contributed by atoms with E-state index < -0.39 is 5.60 Å². The van der Waals surface area contributed by atoms with Crippen molar-refractivity contribution < 1.29 is 19.4 Å². The number of carbonyl (C=O) groups is 2. The lowest BCUT2D eigenvalue weighted by molar-refractivity contribution is -0.141. The average molecular weight is 400 g/mol. The topological polar surface area (TPSA) is 97.6 Å². The zero-order valence-electron chi connectivity index (χ0n) is 16.8. The van der Waals surface area contributed by atoms with Crippen LogP contribution in [0.25, 0.3) is 10.8 Å². The van der Waals surface area contributed by atoms with Crippen LogP contribution in [0.3, 0.4) is 0 Å². The van der Waals surface area contributed by atoms with Gasteiger partial charge in [-0.1, -0.05) is 31.7 Å². The minimum Gasteiger partial charge on any atom is -0.464 e. The zero-order chi connectivity index (χ0) is 20.9. The fourth-order valence-electron chi connectivity index (χ4n) is 3.95. The molecule has 0 radical (unpaired) electrons. The molecule has 29 heavy (non-hydrogen) atoms. The maximum Gasteiger partial charge on any atom is 0.302 e. The van der Waals surface area contributed by atoms with Gasteiger partial charge in [-0.2, -0.15) is 0 Å². The van der Waals surface area contributed by atoms with E-state index in [-0.39, 0.29) is 37.0 Å². The van der Waals surface area contributed by atoms with Gasteiger partial charge in [-0.05, 0) is 31.0 Å². The average Bonchev–Trinajstić information content (AvgIpc) is 2.88. The van der Waals surface area contributed by atoms with E-state index in [2.05, 4.69) is 5.32 Å². The van der Waals surface area contributed by atoms with Crippen molar-refractivity contribution >= 4 is 28.3 Å². The van der Waals surface area contributed by atoms with E-state index >= 15 is 0 Å². The molecule has 0 bridgehead atoms. The van der Waals surface area contributed by atoms with Crippen LogP contribution in [-0.4, -0.2) is 33.8 Å². The van der Waals surface area contributed by atoms with Crippen LogP contribution in [0.15, 0.2) is 35.3 Å². The van der Waals surface area contributed by atoms with E-state index in [9.17, 15) is 19.5 Å². The van der Waals surface area contributed by atoms with Gasteiger partial charge in [0.15, 0.2) is 0 Å². The first kappa shape index (κ1) is 21.0. The predicted molar refractivity (Wildman–Crippen MR) is 111 cm³/mol. The highest BCUT2D eigenvalue weighted by Crippen LogP contribution is 2.30. The van der Waals surface area contributed by atoms with E-state index in [1.807, 2.05) is 0 Å². The number of hydrogen-bond donors (Lipinski definition) is 2. The lowest BCUT2D eigenvalue weighted by Crippen LogP contribution is -2.33. The van der Waals surface area contributed by atoms with Gasteiger partial charge < -0.3 is 19.7 Å². The van der Waals surface area contributed by atoms with E-state index in [0.717, 1.165) is 25.7 Å². The number of carbonyl (C=O) groups excluding carboxylic acids is 2. The normalized spacial score (nSPS) is 16.2. The second-order valence-corrected chi connectivity index (χ2v) is 7.78. The number of nitrogens with zero attached hydrogens (tertiary/aromatic N) is 1. The Balaban J connectivity index is 1.75. The van der Waals surface area contributed by atoms with Crippen LogP contribution in [0.4, 0.5) is 5.69 Å². The molecule has 2 aromatic rings. The van der Waals surface area contributed by atoms with Crippen molar-refractivity contribution in [3.8, 4) is 0 Å². The van der Waals surface area contributed by atoms with Crippen LogP contribution in [0.2, 0.25) is 0 Å². The third kappa shape index (κ3) is 5.44. The smallest absolute Gasteiger partial charge is 0.302 e. The summed E-state index contributed by atoms with van der Waals surface area (Å²) in [6.45, 7) is 1.71. The lowest BCUT2D eigenvalue weighted by atomic mass is 9.90. The number of aliphatic hydroxyl groups is 1. The molecule has 1 aliphatic carbocycles. The van der Waals surface area contributed by atoms with Crippen molar-refractivity contribution in [2.75, 3.05) is 11.9 Å². The van der Waals surface area contributed by atoms with Gasteiger partial charge in [-0.3, -0.25) is 14.4 Å². The highest BCUT2D eigenvalue weighted by Gasteiger charge is 2.30. The lowest BCUT2D eigenvalue weighted by Gasteiger charge is -2.26. The molecule has 1 fully saturated rings. The molecule has 2 N–H and O–H groups in total. The number of esters is 1. The molecule has 1 saturated carbocycles. The van der Waals surface area contributed by atoms with Gasteiger partial charge in [0.25, 0.3) is 5.56 Å². The number of benzene rings is 1. The Hall–Kier alpha value is -2.67. The fraction of sp³-hybridized carbons (Fsp3) is 0.500. The second-order valence-electron chi connectivity index (χ2n) is 7.78. The predicted octanol–water partition coefficient (Wildman–Crippen LogP) is 2.98. The molecule has 0 aliphatic heterocycles. The molecule has 1 amide bonds. The van der Waals surface area contributed by atoms with Crippen LogP contribution in [0, 0.1) is 0 Å². The van der Waals surface area contributed by atoms with Crippen LogP contribution in [-0.2, 0) is 20.9 Å². The summed E-state index contributed by atoms with van der Waals surface area (Å²) < 4.78 is 6.38. The minimum absolute atomic E-state index is 0.0584. The number of nitrogens with one attached hydrogen (secondary N) is 1. The number of rotatable bonds is 6. The van der Waals surface area contributed by atoms with Gasteiger partial charge in [0, 0.05) is 29.6 Å². The monoisotopic (exact) mass is 400 g/mol. The SMILES string of the molecule is CC(=O)OCCn1ccc2c(NC(=O)CC3(O)CCCCCC3)cccc2c1=O. The van der Waals surface area contributed by atoms with Crippen molar-refractivity contribution in [1.29, 1.82) is 0 Å². The summed E-state index contributed by atoms with van der Waals surface area (Å²) in [6, 6.07) is 6.94. The molecule has 1 aromatic carbocycles. The molecule has 156 valence electrons. The van der Waals surface area contributed by atoms with Crippen molar-refractivity contribution in [2.45, 2.75) is 64.0 Å². The number of pyridine rings is 1. The van der Waals surface area contributed by atoms with Gasteiger partial charge in [0.1, 0.15) is 6.61 Å². The van der Waals surface area contributed by atoms with E-state index in [1.165, 1.54) is 11.5 Å². The molecule has 0 spiro atoms. The van der Waals surface area contributed by atoms with Gasteiger partial charge in [-0.15, -0.1) is 0 Å². The minimum atomic E-state index is -0.950. The Kier molecular flexibility index (Phi) is 6.69. The summed E-state index contributed by atoms with van der Waals surface area (Å²) in [4.78, 5) is 36.2. The summed E-state index contributed by atoms with van der Waals surface area (Å²) >= 11 is 0. The van der Waals surface area contributed by atoms with E-state index in [0.29, 0.717) is 29.3 Å². The summed E-state index contributed by atoms with van der Waals surface area (Å²) in [5, 5.41) is 14.7. The Morgan fingerprint density at radius 3 is 2.55 bits per heavy atom. The van der Waals surface area contributed by atoms with E-state index in [1.54, 1.807) is 30.5 Å². The van der Waals surface area contributed by atoms with Crippen LogP contribution < -0.4 is 10.9 Å². The first-order chi connectivity index (χ1) is 13.9. The van der Waals surface area contributed by atoms with E-state index in [4.69, 9.17) is 4.74 Å². The number of hydrogen-bond acceptors (Lipinski definition) is 5. The quantitative estimate of drug-likeness (QED) is 0.574. The van der Waals surface area contributed by atoms with Crippen LogP contribution in [0.5, 0.6) is 0 Å². The number of fused-ring (bicyclic) bond motifs is 1. The van der Waals surface area contributed by atoms with Crippen molar-refractivity contribution in [3.05, 3.63) is 40.8 Å². The van der Waals surface area contributed by atoms with Crippen molar-refractivity contribution in [3.63, 3.8) is 0 Å². The van der Waals surface area contributed by atoms with Gasteiger partial charge in [0.2, 0.25) is 5.91 Å². The molecule has 1 aromatic heterocycles. The third-order valence-corrected chi connectivity index (χ3v) is 5.45. The highest BCUT2D eigenvalue weighted by atomic mass is 16.5. The molecule has 7 heteroatoms. The molecule has 0 atom stereocenters. The number of amides is 1. The summed E-state index contributed by atoms with van der Waals surface area (Å²) in [5.41, 5.74) is -0.615. The van der Waals surface area contributed by atoms with Gasteiger partial charge >= 0.3 is 5.97 Å². The van der Waals surface area contributed by atoms with Crippen molar-refractivity contribution in [1.82, 2.24) is 4.57 Å². The molecule has 1 aliphatic rings. The Labute approximate surface area is 169 Å². The first-order valence-electron chi connectivity index (χ1n) is 10.2. The fourth-order valence-corrected chi connectivity index (χ4v) is 3.95. The number of ether oxygens (including phenoxy) is 1. The van der Waals surface area contributed by atoms with Crippen molar-refractivity contribution in [2.24, 2.45) is 0 Å². The highest BCUT2D eigenvalue weighted by molar-refractivity contribution is 6.02. The first-order valence-corrected chi connectivity index (χ1v) is 10.2. The summed E-state index contributed by atoms with van der Waals surface area (Å²) in [6.07, 6.45) is 7.03. The van der Waals surface area contributed by atoms with Crippen LogP contribution >= 0.6 is 0 Å².